The number of aromatic amines is 1. The van der Waals surface area contributed by atoms with Crippen molar-refractivity contribution in [2.24, 2.45) is 7.05 Å². The van der Waals surface area contributed by atoms with Crippen molar-refractivity contribution in [3.63, 3.8) is 0 Å². The van der Waals surface area contributed by atoms with Crippen molar-refractivity contribution in [3.05, 3.63) is 60.2 Å². The molecule has 0 fully saturated rings. The molecule has 5 rings (SSSR count). The van der Waals surface area contributed by atoms with Gasteiger partial charge >= 0.3 is 0 Å². The van der Waals surface area contributed by atoms with Gasteiger partial charge in [-0.2, -0.15) is 5.10 Å². The molecule has 0 atom stereocenters. The number of hydrogen-bond acceptors (Lipinski definition) is 4. The Bertz CT molecular complexity index is 1170. The first-order valence-corrected chi connectivity index (χ1v) is 8.72. The molecule has 0 spiro atoms. The zero-order valence-electron chi connectivity index (χ0n) is 14.7. The monoisotopic (exact) mass is 359 g/mol. The van der Waals surface area contributed by atoms with Crippen LogP contribution >= 0.6 is 0 Å². The SMILES string of the molecule is Cn1cc(-c2cnc(NC(=O)c3c[nH]c4ccccc34)c3c2CCO3)cn1. The minimum Gasteiger partial charge on any atom is -0.489 e. The molecule has 3 aromatic heterocycles. The van der Waals surface area contributed by atoms with Crippen LogP contribution in [0, 0.1) is 0 Å². The maximum absolute atomic E-state index is 12.8. The maximum atomic E-state index is 12.8. The van der Waals surface area contributed by atoms with Gasteiger partial charge in [-0.25, -0.2) is 4.98 Å². The van der Waals surface area contributed by atoms with Gasteiger partial charge in [0.05, 0.1) is 18.4 Å². The van der Waals surface area contributed by atoms with Gasteiger partial charge in [-0.3, -0.25) is 9.48 Å². The van der Waals surface area contributed by atoms with Crippen LogP contribution in [0.4, 0.5) is 5.82 Å². The van der Waals surface area contributed by atoms with Gasteiger partial charge < -0.3 is 15.0 Å². The van der Waals surface area contributed by atoms with Gasteiger partial charge in [0.2, 0.25) is 0 Å². The van der Waals surface area contributed by atoms with Crippen LogP contribution in [0.1, 0.15) is 15.9 Å². The van der Waals surface area contributed by atoms with Crippen LogP contribution in [0.15, 0.2) is 49.1 Å². The molecular weight excluding hydrogens is 342 g/mol. The Morgan fingerprint density at radius 3 is 3.04 bits per heavy atom. The number of pyridine rings is 1. The van der Waals surface area contributed by atoms with E-state index in [0.29, 0.717) is 23.7 Å². The van der Waals surface area contributed by atoms with Crippen molar-refractivity contribution in [3.8, 4) is 16.9 Å². The molecule has 7 heteroatoms. The topological polar surface area (TPSA) is 84.8 Å². The number of rotatable bonds is 3. The highest BCUT2D eigenvalue weighted by Crippen LogP contribution is 2.39. The van der Waals surface area contributed by atoms with Crippen LogP contribution < -0.4 is 10.1 Å². The van der Waals surface area contributed by atoms with E-state index in [1.165, 1.54) is 0 Å². The van der Waals surface area contributed by atoms with E-state index in [1.807, 2.05) is 37.5 Å². The molecule has 4 aromatic rings. The van der Waals surface area contributed by atoms with E-state index in [4.69, 9.17) is 4.74 Å². The average Bonchev–Trinajstić information content (AvgIpc) is 3.41. The maximum Gasteiger partial charge on any atom is 0.259 e. The Balaban J connectivity index is 1.51. The molecule has 1 aromatic carbocycles. The molecule has 0 radical (unpaired) electrons. The number of H-pyrrole nitrogens is 1. The Morgan fingerprint density at radius 2 is 2.19 bits per heavy atom. The van der Waals surface area contributed by atoms with Crippen LogP contribution in [0.2, 0.25) is 0 Å². The third-order valence-corrected chi connectivity index (χ3v) is 4.82. The number of ether oxygens (including phenoxy) is 1. The van der Waals surface area contributed by atoms with Crippen LogP contribution in [0.25, 0.3) is 22.0 Å². The minimum absolute atomic E-state index is 0.216. The lowest BCUT2D eigenvalue weighted by Crippen LogP contribution is -2.13. The molecular formula is C20H17N5O2. The van der Waals surface area contributed by atoms with Crippen LogP contribution in [0.5, 0.6) is 5.75 Å². The fourth-order valence-electron chi connectivity index (χ4n) is 3.52. The molecule has 1 aliphatic heterocycles. The van der Waals surface area contributed by atoms with Crippen molar-refractivity contribution >= 4 is 22.6 Å². The molecule has 0 saturated carbocycles. The zero-order valence-corrected chi connectivity index (χ0v) is 14.7. The van der Waals surface area contributed by atoms with Gasteiger partial charge in [0.1, 0.15) is 0 Å². The fourth-order valence-corrected chi connectivity index (χ4v) is 3.52. The number of nitrogens with one attached hydrogen (secondary N) is 2. The van der Waals surface area contributed by atoms with Crippen molar-refractivity contribution in [1.82, 2.24) is 19.7 Å². The Kier molecular flexibility index (Phi) is 3.46. The van der Waals surface area contributed by atoms with E-state index in [-0.39, 0.29) is 5.91 Å². The molecule has 1 aliphatic rings. The van der Waals surface area contributed by atoms with Gasteiger partial charge in [0, 0.05) is 59.7 Å². The lowest BCUT2D eigenvalue weighted by atomic mass is 10.0. The molecule has 4 heterocycles. The Hall–Kier alpha value is -3.61. The number of carbonyl (C=O) groups excluding carboxylic acids is 1. The van der Waals surface area contributed by atoms with Crippen molar-refractivity contribution < 1.29 is 9.53 Å². The summed E-state index contributed by atoms with van der Waals surface area (Å²) in [6.45, 7) is 0.574. The number of nitrogens with zero attached hydrogens (tertiary/aromatic N) is 3. The van der Waals surface area contributed by atoms with Gasteiger partial charge in [0.15, 0.2) is 11.6 Å². The Labute approximate surface area is 155 Å². The number of fused-ring (bicyclic) bond motifs is 2. The lowest BCUT2D eigenvalue weighted by Gasteiger charge is -2.11. The number of amides is 1. The predicted molar refractivity (Wildman–Crippen MR) is 102 cm³/mol. The summed E-state index contributed by atoms with van der Waals surface area (Å²) in [5.41, 5.74) is 4.52. The summed E-state index contributed by atoms with van der Waals surface area (Å²) in [6, 6.07) is 7.70. The van der Waals surface area contributed by atoms with Gasteiger partial charge in [-0.15, -0.1) is 0 Å². The summed E-state index contributed by atoms with van der Waals surface area (Å²) in [5, 5.41) is 8.01. The third-order valence-electron chi connectivity index (χ3n) is 4.82. The summed E-state index contributed by atoms with van der Waals surface area (Å²) in [4.78, 5) is 20.4. The Morgan fingerprint density at radius 1 is 1.30 bits per heavy atom. The number of aryl methyl sites for hydroxylation is 1. The number of benzene rings is 1. The quantitative estimate of drug-likeness (QED) is 0.588. The summed E-state index contributed by atoms with van der Waals surface area (Å²) in [5.74, 6) is 0.877. The second-order valence-corrected chi connectivity index (χ2v) is 6.53. The molecule has 0 unspecified atom stereocenters. The molecule has 27 heavy (non-hydrogen) atoms. The highest BCUT2D eigenvalue weighted by atomic mass is 16.5. The van der Waals surface area contributed by atoms with Crippen LogP contribution in [0.3, 0.4) is 0 Å². The van der Waals surface area contributed by atoms with E-state index in [9.17, 15) is 4.79 Å². The lowest BCUT2D eigenvalue weighted by molar-refractivity contribution is 0.102. The van der Waals surface area contributed by atoms with E-state index >= 15 is 0 Å². The molecule has 0 bridgehead atoms. The van der Waals surface area contributed by atoms with E-state index < -0.39 is 0 Å². The van der Waals surface area contributed by atoms with E-state index in [0.717, 1.165) is 34.0 Å². The highest BCUT2D eigenvalue weighted by molar-refractivity contribution is 6.13. The van der Waals surface area contributed by atoms with Crippen LogP contribution in [-0.2, 0) is 13.5 Å². The number of para-hydroxylation sites is 1. The minimum atomic E-state index is -0.216. The predicted octanol–water partition coefficient (Wildman–Crippen LogP) is 3.15. The number of hydrogen-bond donors (Lipinski definition) is 2. The highest BCUT2D eigenvalue weighted by Gasteiger charge is 2.24. The van der Waals surface area contributed by atoms with Gasteiger partial charge in [0.25, 0.3) is 5.91 Å². The largest absolute Gasteiger partial charge is 0.489 e. The second kappa shape index (κ2) is 5.98. The summed E-state index contributed by atoms with van der Waals surface area (Å²) >= 11 is 0. The molecule has 2 N–H and O–H groups in total. The first-order valence-electron chi connectivity index (χ1n) is 8.72. The zero-order chi connectivity index (χ0) is 18.4. The van der Waals surface area contributed by atoms with Crippen molar-refractivity contribution in [2.75, 3.05) is 11.9 Å². The molecule has 1 amide bonds. The van der Waals surface area contributed by atoms with Gasteiger partial charge in [-0.1, -0.05) is 18.2 Å². The molecule has 0 saturated heterocycles. The normalized spacial score (nSPS) is 12.8. The standard InChI is InChI=1S/C20H17N5O2/c1-25-11-12(8-23-25)15-9-22-19(18-14(15)6-7-27-18)24-20(26)16-10-21-17-5-3-2-4-13(16)17/h2-5,8-11,21H,6-7H2,1H3,(H,22,24,26). The molecule has 7 nitrogen and oxygen atoms in total. The molecule has 0 aliphatic carbocycles. The smallest absolute Gasteiger partial charge is 0.259 e. The summed E-state index contributed by atoms with van der Waals surface area (Å²) in [7, 11) is 1.88. The first kappa shape index (κ1) is 15.6. The van der Waals surface area contributed by atoms with Crippen molar-refractivity contribution in [2.45, 2.75) is 6.42 Å². The first-order chi connectivity index (χ1) is 13.2. The van der Waals surface area contributed by atoms with Crippen molar-refractivity contribution in [1.29, 1.82) is 0 Å². The van der Waals surface area contributed by atoms with E-state index in [2.05, 4.69) is 20.4 Å². The number of aromatic nitrogens is 4. The third kappa shape index (κ3) is 2.55. The average molecular weight is 359 g/mol. The van der Waals surface area contributed by atoms with Crippen LogP contribution in [-0.4, -0.2) is 32.3 Å². The molecule has 134 valence electrons. The summed E-state index contributed by atoms with van der Waals surface area (Å²) < 4.78 is 7.55. The van der Waals surface area contributed by atoms with Gasteiger partial charge in [-0.05, 0) is 6.07 Å². The fraction of sp³-hybridized carbons (Fsp3) is 0.150. The van der Waals surface area contributed by atoms with E-state index in [1.54, 1.807) is 23.3 Å². The summed E-state index contributed by atoms with van der Waals surface area (Å²) in [6.07, 6.45) is 8.01. The second-order valence-electron chi connectivity index (χ2n) is 6.53. The number of carbonyl (C=O) groups is 1. The number of anilines is 1.